The van der Waals surface area contributed by atoms with Gasteiger partial charge >= 0.3 is 6.18 Å². The molecule has 0 aliphatic heterocycles. The van der Waals surface area contributed by atoms with Gasteiger partial charge in [0.05, 0.1) is 21.7 Å². The number of alkyl halides is 3. The van der Waals surface area contributed by atoms with Crippen LogP contribution in [0.15, 0.2) is 53.4 Å². The maximum atomic E-state index is 13.1. The van der Waals surface area contributed by atoms with Crippen molar-refractivity contribution in [2.75, 3.05) is 11.3 Å². The van der Waals surface area contributed by atoms with Crippen LogP contribution in [0.4, 0.5) is 18.9 Å². The summed E-state index contributed by atoms with van der Waals surface area (Å²) in [4.78, 5) is 11.2. The van der Waals surface area contributed by atoms with Gasteiger partial charge in [-0.25, -0.2) is 8.42 Å². The summed E-state index contributed by atoms with van der Waals surface area (Å²) in [7, 11) is -4.55. The molecule has 1 amide bonds. The number of rotatable bonds is 6. The Labute approximate surface area is 149 Å². The maximum absolute atomic E-state index is 13.1. The van der Waals surface area contributed by atoms with Crippen molar-refractivity contribution in [3.05, 3.63) is 59.7 Å². The lowest BCUT2D eigenvalue weighted by Gasteiger charge is -2.16. The lowest BCUT2D eigenvalue weighted by atomic mass is 10.1. The van der Waals surface area contributed by atoms with Crippen LogP contribution < -0.4 is 10.0 Å². The zero-order valence-corrected chi connectivity index (χ0v) is 14.6. The molecule has 140 valence electrons. The van der Waals surface area contributed by atoms with E-state index in [2.05, 4.69) is 10.0 Å². The number of para-hydroxylation sites is 1. The third-order valence-corrected chi connectivity index (χ3v) is 4.86. The second-order valence-electron chi connectivity index (χ2n) is 5.40. The van der Waals surface area contributed by atoms with Crippen molar-refractivity contribution in [1.82, 2.24) is 5.32 Å². The highest BCUT2D eigenvalue weighted by Crippen LogP contribution is 2.34. The minimum atomic E-state index is -4.83. The molecule has 2 N–H and O–H groups in total. The molecule has 2 aromatic rings. The van der Waals surface area contributed by atoms with Crippen LogP contribution in [0.3, 0.4) is 0 Å². The van der Waals surface area contributed by atoms with E-state index in [4.69, 9.17) is 0 Å². The van der Waals surface area contributed by atoms with E-state index in [9.17, 15) is 26.4 Å². The number of hydrogen-bond donors (Lipinski definition) is 2. The van der Waals surface area contributed by atoms with Crippen molar-refractivity contribution in [2.45, 2.75) is 24.4 Å². The first-order valence-electron chi connectivity index (χ1n) is 7.73. The molecular weight excluding hydrogens is 369 g/mol. The van der Waals surface area contributed by atoms with E-state index in [-0.39, 0.29) is 11.3 Å². The fourth-order valence-electron chi connectivity index (χ4n) is 2.24. The molecule has 0 bridgehead atoms. The molecule has 26 heavy (non-hydrogen) atoms. The average molecular weight is 386 g/mol. The summed E-state index contributed by atoms with van der Waals surface area (Å²) in [5.41, 5.74) is -1.35. The molecule has 0 saturated carbocycles. The summed E-state index contributed by atoms with van der Waals surface area (Å²) in [6.07, 6.45) is -4.15. The number of sulfonamides is 1. The molecule has 0 aliphatic rings. The molecule has 5 nitrogen and oxygen atoms in total. The fraction of sp³-hybridized carbons (Fsp3) is 0.235. The second-order valence-corrected chi connectivity index (χ2v) is 7.05. The molecule has 0 radical (unpaired) electrons. The Bertz CT molecular complexity index is 896. The Kier molecular flexibility index (Phi) is 5.91. The van der Waals surface area contributed by atoms with Gasteiger partial charge in [0, 0.05) is 6.54 Å². The minimum Gasteiger partial charge on any atom is -0.352 e. The number of amides is 1. The molecule has 0 heterocycles. The summed E-state index contributed by atoms with van der Waals surface area (Å²) >= 11 is 0. The van der Waals surface area contributed by atoms with Crippen molar-refractivity contribution < 1.29 is 26.4 Å². The molecule has 0 unspecified atom stereocenters. The first-order valence-corrected chi connectivity index (χ1v) is 9.21. The highest BCUT2D eigenvalue weighted by Gasteiger charge is 2.37. The van der Waals surface area contributed by atoms with E-state index in [1.165, 1.54) is 30.3 Å². The van der Waals surface area contributed by atoms with Crippen molar-refractivity contribution in [2.24, 2.45) is 0 Å². The Morgan fingerprint density at radius 1 is 1.04 bits per heavy atom. The molecule has 2 rings (SSSR count). The monoisotopic (exact) mass is 386 g/mol. The number of carbonyl (C=O) groups is 1. The van der Waals surface area contributed by atoms with Crippen LogP contribution in [0.1, 0.15) is 29.3 Å². The van der Waals surface area contributed by atoms with Gasteiger partial charge in [0.1, 0.15) is 0 Å². The summed E-state index contributed by atoms with van der Waals surface area (Å²) in [6.45, 7) is 2.24. The van der Waals surface area contributed by atoms with Crippen LogP contribution in [0.25, 0.3) is 0 Å². The van der Waals surface area contributed by atoms with E-state index in [0.29, 0.717) is 19.0 Å². The first kappa shape index (κ1) is 19.8. The van der Waals surface area contributed by atoms with Crippen molar-refractivity contribution >= 4 is 21.6 Å². The third kappa shape index (κ3) is 4.54. The molecule has 9 heteroatoms. The number of halogens is 3. The Hall–Kier alpha value is -2.55. The van der Waals surface area contributed by atoms with Gasteiger partial charge in [0.25, 0.3) is 15.9 Å². The molecule has 0 aliphatic carbocycles. The predicted octanol–water partition coefficient (Wildman–Crippen LogP) is 3.65. The Morgan fingerprint density at radius 2 is 1.65 bits per heavy atom. The average Bonchev–Trinajstić information content (AvgIpc) is 2.59. The summed E-state index contributed by atoms with van der Waals surface area (Å²) in [5.74, 6) is -0.519. The number of anilines is 1. The van der Waals surface area contributed by atoms with Gasteiger partial charge < -0.3 is 5.32 Å². The van der Waals surface area contributed by atoms with Gasteiger partial charge in [-0.15, -0.1) is 0 Å². The molecule has 0 aromatic heterocycles. The largest absolute Gasteiger partial charge is 0.417 e. The van der Waals surface area contributed by atoms with Crippen molar-refractivity contribution in [3.63, 3.8) is 0 Å². The minimum absolute atomic E-state index is 0.0222. The molecular formula is C17H17F3N2O3S. The second kappa shape index (κ2) is 7.77. The highest BCUT2D eigenvalue weighted by atomic mass is 32.2. The van der Waals surface area contributed by atoms with Crippen molar-refractivity contribution in [3.8, 4) is 0 Å². The van der Waals surface area contributed by atoms with Crippen LogP contribution in [0, 0.1) is 0 Å². The maximum Gasteiger partial charge on any atom is 0.417 e. The van der Waals surface area contributed by atoms with Gasteiger partial charge in [-0.3, -0.25) is 9.52 Å². The third-order valence-electron chi connectivity index (χ3n) is 3.43. The smallest absolute Gasteiger partial charge is 0.352 e. The quantitative estimate of drug-likeness (QED) is 0.796. The molecule has 0 atom stereocenters. The van der Waals surface area contributed by atoms with Crippen LogP contribution >= 0.6 is 0 Å². The normalized spacial score (nSPS) is 11.8. The van der Waals surface area contributed by atoms with E-state index >= 15 is 0 Å². The van der Waals surface area contributed by atoms with Gasteiger partial charge in [-0.1, -0.05) is 31.2 Å². The predicted molar refractivity (Wildman–Crippen MR) is 91.3 cm³/mol. The van der Waals surface area contributed by atoms with E-state index in [1.54, 1.807) is 0 Å². The summed E-state index contributed by atoms with van der Waals surface area (Å²) in [6, 6.07) is 9.57. The van der Waals surface area contributed by atoms with Crippen LogP contribution in [0.2, 0.25) is 0 Å². The standard InChI is InChI=1S/C17H17F3N2O3S/c1-2-11-21-16(23)12-7-3-5-9-14(12)22-26(24,25)15-10-6-4-8-13(15)17(18,19)20/h3-10,22H,2,11H2,1H3,(H,21,23). The van der Waals surface area contributed by atoms with E-state index in [0.717, 1.165) is 12.1 Å². The SMILES string of the molecule is CCCNC(=O)c1ccccc1NS(=O)(=O)c1ccccc1C(F)(F)F. The molecule has 0 saturated heterocycles. The van der Waals surface area contributed by atoms with Gasteiger partial charge in [-0.05, 0) is 30.7 Å². The molecule has 0 fully saturated rings. The van der Waals surface area contributed by atoms with Gasteiger partial charge in [0.2, 0.25) is 0 Å². The van der Waals surface area contributed by atoms with Gasteiger partial charge in [-0.2, -0.15) is 13.2 Å². The Morgan fingerprint density at radius 3 is 2.31 bits per heavy atom. The zero-order valence-electron chi connectivity index (χ0n) is 13.8. The fourth-order valence-corrected chi connectivity index (χ4v) is 3.55. The Balaban J connectivity index is 2.42. The number of nitrogens with one attached hydrogen (secondary N) is 2. The van der Waals surface area contributed by atoms with Crippen LogP contribution in [-0.4, -0.2) is 20.9 Å². The number of hydrogen-bond acceptors (Lipinski definition) is 3. The summed E-state index contributed by atoms with van der Waals surface area (Å²) in [5, 5.41) is 2.60. The number of benzene rings is 2. The van der Waals surface area contributed by atoms with E-state index in [1.807, 2.05) is 6.92 Å². The topological polar surface area (TPSA) is 75.3 Å². The van der Waals surface area contributed by atoms with Crippen LogP contribution in [0.5, 0.6) is 0 Å². The highest BCUT2D eigenvalue weighted by molar-refractivity contribution is 7.92. The zero-order chi connectivity index (χ0) is 19.4. The van der Waals surface area contributed by atoms with Crippen LogP contribution in [-0.2, 0) is 16.2 Å². The van der Waals surface area contributed by atoms with Crippen molar-refractivity contribution in [1.29, 1.82) is 0 Å². The summed E-state index contributed by atoms with van der Waals surface area (Å²) < 4.78 is 66.4. The van der Waals surface area contributed by atoms with Gasteiger partial charge in [0.15, 0.2) is 0 Å². The lowest BCUT2D eigenvalue weighted by molar-refractivity contribution is -0.139. The molecule has 0 spiro atoms. The lowest BCUT2D eigenvalue weighted by Crippen LogP contribution is -2.26. The number of carbonyl (C=O) groups excluding carboxylic acids is 1. The van der Waals surface area contributed by atoms with E-state index < -0.39 is 32.6 Å². The molecule has 2 aromatic carbocycles. The first-order chi connectivity index (χ1) is 12.2.